The van der Waals surface area contributed by atoms with Gasteiger partial charge in [-0.3, -0.25) is 0 Å². The summed E-state index contributed by atoms with van der Waals surface area (Å²) in [6, 6.07) is 2.21. The van der Waals surface area contributed by atoms with Crippen LogP contribution in [0.15, 0.2) is 12.1 Å². The van der Waals surface area contributed by atoms with Gasteiger partial charge in [0.25, 0.3) is 0 Å². The van der Waals surface area contributed by atoms with E-state index in [1.807, 2.05) is 4.57 Å². The van der Waals surface area contributed by atoms with Crippen molar-refractivity contribution in [3.8, 4) is 0 Å². The third-order valence-electron chi connectivity index (χ3n) is 3.78. The van der Waals surface area contributed by atoms with Crippen LogP contribution < -0.4 is 0 Å². The molecule has 0 aliphatic carbocycles. The molecular formula is C15H19ClF2N2. The molecule has 0 aliphatic heterocycles. The number of hydrogen-bond donors (Lipinski definition) is 0. The number of halogens is 3. The number of alkyl halides is 1. The summed E-state index contributed by atoms with van der Waals surface area (Å²) in [5.74, 6) is 0.788. The maximum atomic E-state index is 13.8. The number of aryl methyl sites for hydroxylation is 1. The Labute approximate surface area is 122 Å². The van der Waals surface area contributed by atoms with Gasteiger partial charge in [0.1, 0.15) is 17.2 Å². The van der Waals surface area contributed by atoms with E-state index in [0.717, 1.165) is 6.07 Å². The molecule has 1 heterocycles. The highest BCUT2D eigenvalue weighted by atomic mass is 35.5. The van der Waals surface area contributed by atoms with Crippen molar-refractivity contribution in [2.75, 3.05) is 5.88 Å². The Morgan fingerprint density at radius 3 is 2.55 bits per heavy atom. The molecule has 2 nitrogen and oxygen atoms in total. The zero-order valence-electron chi connectivity index (χ0n) is 12.0. The van der Waals surface area contributed by atoms with Gasteiger partial charge in [0.2, 0.25) is 0 Å². The van der Waals surface area contributed by atoms with Crippen molar-refractivity contribution in [1.29, 1.82) is 0 Å². The molecule has 0 radical (unpaired) electrons. The highest BCUT2D eigenvalue weighted by molar-refractivity contribution is 6.17. The maximum absolute atomic E-state index is 13.8. The standard InChI is InChI=1S/C15H19ClF2N2/c1-9(2)10(3)8-20-13-7-11(17)6-12(18)15(13)19-14(20)4-5-16/h6-7,9-10H,4-5,8H2,1-3H3. The smallest absolute Gasteiger partial charge is 0.153 e. The van der Waals surface area contributed by atoms with Crippen LogP contribution >= 0.6 is 11.6 Å². The Morgan fingerprint density at radius 1 is 1.25 bits per heavy atom. The fraction of sp³-hybridized carbons (Fsp3) is 0.533. The first-order valence-corrected chi connectivity index (χ1v) is 7.37. The lowest BCUT2D eigenvalue weighted by molar-refractivity contribution is 0.364. The predicted molar refractivity (Wildman–Crippen MR) is 78.1 cm³/mol. The number of nitrogens with zero attached hydrogens (tertiary/aromatic N) is 2. The first-order chi connectivity index (χ1) is 9.43. The normalized spacial score (nSPS) is 13.3. The summed E-state index contributed by atoms with van der Waals surface area (Å²) in [6.07, 6.45) is 0.544. The van der Waals surface area contributed by atoms with Crippen molar-refractivity contribution in [3.63, 3.8) is 0 Å². The lowest BCUT2D eigenvalue weighted by Gasteiger charge is -2.18. The van der Waals surface area contributed by atoms with Gasteiger partial charge >= 0.3 is 0 Å². The largest absolute Gasteiger partial charge is 0.327 e. The van der Waals surface area contributed by atoms with E-state index >= 15 is 0 Å². The van der Waals surface area contributed by atoms with Gasteiger partial charge < -0.3 is 4.57 Å². The van der Waals surface area contributed by atoms with Crippen molar-refractivity contribution in [1.82, 2.24) is 9.55 Å². The lowest BCUT2D eigenvalue weighted by Crippen LogP contribution is -2.15. The monoisotopic (exact) mass is 300 g/mol. The molecule has 2 rings (SSSR count). The van der Waals surface area contributed by atoms with E-state index in [1.54, 1.807) is 0 Å². The highest BCUT2D eigenvalue weighted by Gasteiger charge is 2.18. The summed E-state index contributed by atoms with van der Waals surface area (Å²) in [4.78, 5) is 4.29. The number of aromatic nitrogens is 2. The van der Waals surface area contributed by atoms with Crippen molar-refractivity contribution in [3.05, 3.63) is 29.6 Å². The second kappa shape index (κ2) is 6.08. The molecule has 1 aromatic heterocycles. The van der Waals surface area contributed by atoms with Gasteiger partial charge in [-0.05, 0) is 17.9 Å². The van der Waals surface area contributed by atoms with Crippen molar-refractivity contribution < 1.29 is 8.78 Å². The van der Waals surface area contributed by atoms with E-state index in [-0.39, 0.29) is 5.52 Å². The van der Waals surface area contributed by atoms with Crippen molar-refractivity contribution in [2.45, 2.75) is 33.7 Å². The summed E-state index contributed by atoms with van der Waals surface area (Å²) in [5.41, 5.74) is 0.734. The van der Waals surface area contributed by atoms with Gasteiger partial charge in [-0.25, -0.2) is 13.8 Å². The van der Waals surface area contributed by atoms with Crippen LogP contribution in [0.1, 0.15) is 26.6 Å². The van der Waals surface area contributed by atoms with Gasteiger partial charge in [-0.1, -0.05) is 20.8 Å². The zero-order chi connectivity index (χ0) is 14.9. The summed E-state index contributed by atoms with van der Waals surface area (Å²) >= 11 is 5.78. The van der Waals surface area contributed by atoms with E-state index in [9.17, 15) is 8.78 Å². The Bertz CT molecular complexity index is 607. The number of fused-ring (bicyclic) bond motifs is 1. The molecule has 5 heteroatoms. The molecule has 0 aliphatic rings. The molecule has 0 N–H and O–H groups in total. The number of benzene rings is 1. The molecular weight excluding hydrogens is 282 g/mol. The van der Waals surface area contributed by atoms with E-state index < -0.39 is 11.6 Å². The Morgan fingerprint density at radius 2 is 1.95 bits per heavy atom. The SMILES string of the molecule is CC(C)C(C)Cn1c(CCCl)nc2c(F)cc(F)cc21. The fourth-order valence-electron chi connectivity index (χ4n) is 2.18. The first kappa shape index (κ1) is 15.2. The molecule has 20 heavy (non-hydrogen) atoms. The van der Waals surface area contributed by atoms with Gasteiger partial charge in [-0.15, -0.1) is 11.6 Å². The van der Waals surface area contributed by atoms with Crippen LogP contribution in [0, 0.1) is 23.5 Å². The Hall–Kier alpha value is -1.16. The Kier molecular flexibility index (Phi) is 4.63. The minimum atomic E-state index is -0.619. The number of imidazole rings is 1. The van der Waals surface area contributed by atoms with Crippen LogP contribution in [0.2, 0.25) is 0 Å². The molecule has 0 saturated carbocycles. The molecule has 0 bridgehead atoms. The minimum Gasteiger partial charge on any atom is -0.327 e. The molecule has 1 aromatic carbocycles. The second-order valence-electron chi connectivity index (χ2n) is 5.55. The molecule has 1 unspecified atom stereocenters. The average Bonchev–Trinajstić information content (AvgIpc) is 2.69. The topological polar surface area (TPSA) is 17.8 Å². The molecule has 110 valence electrons. The average molecular weight is 301 g/mol. The third-order valence-corrected chi connectivity index (χ3v) is 3.97. The van der Waals surface area contributed by atoms with Crippen LogP contribution in [0.3, 0.4) is 0 Å². The quantitative estimate of drug-likeness (QED) is 0.749. The van der Waals surface area contributed by atoms with E-state index in [0.29, 0.717) is 42.0 Å². The predicted octanol–water partition coefficient (Wildman–Crippen LogP) is 4.39. The second-order valence-corrected chi connectivity index (χ2v) is 5.93. The zero-order valence-corrected chi connectivity index (χ0v) is 12.7. The summed E-state index contributed by atoms with van der Waals surface area (Å²) in [6.45, 7) is 7.07. The van der Waals surface area contributed by atoms with Crippen LogP contribution in [-0.2, 0) is 13.0 Å². The van der Waals surface area contributed by atoms with Crippen LogP contribution in [0.25, 0.3) is 11.0 Å². The number of hydrogen-bond acceptors (Lipinski definition) is 1. The van der Waals surface area contributed by atoms with E-state index in [2.05, 4.69) is 25.8 Å². The van der Waals surface area contributed by atoms with Crippen molar-refractivity contribution >= 4 is 22.6 Å². The first-order valence-electron chi connectivity index (χ1n) is 6.84. The molecule has 0 fully saturated rings. The molecule has 0 spiro atoms. The lowest BCUT2D eigenvalue weighted by atomic mass is 9.98. The van der Waals surface area contributed by atoms with Gasteiger partial charge in [0, 0.05) is 24.9 Å². The van der Waals surface area contributed by atoms with Gasteiger partial charge in [-0.2, -0.15) is 0 Å². The highest BCUT2D eigenvalue weighted by Crippen LogP contribution is 2.24. The molecule has 2 aromatic rings. The van der Waals surface area contributed by atoms with Crippen LogP contribution in [0.4, 0.5) is 8.78 Å². The van der Waals surface area contributed by atoms with Gasteiger partial charge in [0.05, 0.1) is 5.52 Å². The summed E-state index contributed by atoms with van der Waals surface area (Å²) in [7, 11) is 0. The molecule has 1 atom stereocenters. The molecule has 0 saturated heterocycles. The minimum absolute atomic E-state index is 0.225. The molecule has 0 amide bonds. The fourth-order valence-corrected chi connectivity index (χ4v) is 2.34. The van der Waals surface area contributed by atoms with Gasteiger partial charge in [0.15, 0.2) is 5.82 Å². The maximum Gasteiger partial charge on any atom is 0.153 e. The van der Waals surface area contributed by atoms with Crippen LogP contribution in [-0.4, -0.2) is 15.4 Å². The number of rotatable bonds is 5. The summed E-state index contributed by atoms with van der Waals surface area (Å²) in [5, 5.41) is 0. The van der Waals surface area contributed by atoms with E-state index in [1.165, 1.54) is 6.07 Å². The third kappa shape index (κ3) is 2.95. The van der Waals surface area contributed by atoms with E-state index in [4.69, 9.17) is 11.6 Å². The van der Waals surface area contributed by atoms with Crippen molar-refractivity contribution in [2.24, 2.45) is 11.8 Å². The van der Waals surface area contributed by atoms with Crippen LogP contribution in [0.5, 0.6) is 0 Å². The summed E-state index contributed by atoms with van der Waals surface area (Å²) < 4.78 is 29.2. The Balaban J connectivity index is 2.55.